The van der Waals surface area contributed by atoms with Crippen LogP contribution in [0.25, 0.3) is 0 Å². The third-order valence-electron chi connectivity index (χ3n) is 3.93. The van der Waals surface area contributed by atoms with E-state index in [4.69, 9.17) is 9.47 Å². The lowest BCUT2D eigenvalue weighted by molar-refractivity contribution is 0.0570. The quantitative estimate of drug-likeness (QED) is 0.749. The van der Waals surface area contributed by atoms with Gasteiger partial charge in [-0.25, -0.2) is 4.79 Å². The molecule has 8 heteroatoms. The van der Waals surface area contributed by atoms with Crippen molar-refractivity contribution in [3.05, 3.63) is 24.0 Å². The van der Waals surface area contributed by atoms with Gasteiger partial charge in [0.25, 0.3) is 5.91 Å². The molecule has 0 bridgehead atoms. The summed E-state index contributed by atoms with van der Waals surface area (Å²) in [5.74, 6) is -0.0726. The SMILES string of the molecule is CCOC(=O)N1CCN(C(=O)c2cncc(NCCCOC)c2)CC1. The molecule has 2 rings (SSSR count). The predicted molar refractivity (Wildman–Crippen MR) is 93.7 cm³/mol. The van der Waals surface area contributed by atoms with Crippen molar-refractivity contribution in [2.75, 3.05) is 58.4 Å². The molecule has 0 spiro atoms. The minimum absolute atomic E-state index is 0.0726. The topological polar surface area (TPSA) is 84.0 Å². The van der Waals surface area contributed by atoms with Crippen molar-refractivity contribution < 1.29 is 19.1 Å². The van der Waals surface area contributed by atoms with Gasteiger partial charge in [-0.2, -0.15) is 0 Å². The number of ether oxygens (including phenoxy) is 2. The lowest BCUT2D eigenvalue weighted by atomic mass is 10.2. The molecule has 25 heavy (non-hydrogen) atoms. The predicted octanol–water partition coefficient (Wildman–Crippen LogP) is 1.44. The molecule has 8 nitrogen and oxygen atoms in total. The van der Waals surface area contributed by atoms with Gasteiger partial charge in [0.2, 0.25) is 0 Å². The number of methoxy groups -OCH3 is 1. The number of pyridine rings is 1. The van der Waals surface area contributed by atoms with Crippen LogP contribution in [-0.4, -0.2) is 79.8 Å². The van der Waals surface area contributed by atoms with Crippen LogP contribution < -0.4 is 5.32 Å². The van der Waals surface area contributed by atoms with Crippen LogP contribution in [0.4, 0.5) is 10.5 Å². The first-order chi connectivity index (χ1) is 12.2. The Labute approximate surface area is 148 Å². The molecule has 1 aromatic rings. The lowest BCUT2D eigenvalue weighted by Gasteiger charge is -2.34. The van der Waals surface area contributed by atoms with Gasteiger partial charge in [0, 0.05) is 58.8 Å². The third-order valence-corrected chi connectivity index (χ3v) is 3.93. The molecular weight excluding hydrogens is 324 g/mol. The van der Waals surface area contributed by atoms with Crippen LogP contribution in [-0.2, 0) is 9.47 Å². The fraction of sp³-hybridized carbons (Fsp3) is 0.588. The van der Waals surface area contributed by atoms with Crippen molar-refractivity contribution >= 4 is 17.7 Å². The minimum atomic E-state index is -0.321. The Kier molecular flexibility index (Phi) is 7.46. The Bertz CT molecular complexity index is 574. The van der Waals surface area contributed by atoms with E-state index in [1.54, 1.807) is 42.3 Å². The van der Waals surface area contributed by atoms with E-state index in [1.165, 1.54) is 0 Å². The summed E-state index contributed by atoms with van der Waals surface area (Å²) < 4.78 is 10.00. The number of rotatable bonds is 7. The molecule has 1 saturated heterocycles. The van der Waals surface area contributed by atoms with Crippen molar-refractivity contribution in [3.8, 4) is 0 Å². The van der Waals surface area contributed by atoms with Crippen molar-refractivity contribution in [2.24, 2.45) is 0 Å². The van der Waals surface area contributed by atoms with E-state index in [2.05, 4.69) is 10.3 Å². The first-order valence-corrected chi connectivity index (χ1v) is 8.54. The van der Waals surface area contributed by atoms with E-state index in [1.807, 2.05) is 0 Å². The normalized spacial score (nSPS) is 14.3. The smallest absolute Gasteiger partial charge is 0.409 e. The van der Waals surface area contributed by atoms with Crippen molar-refractivity contribution in [1.82, 2.24) is 14.8 Å². The van der Waals surface area contributed by atoms with Gasteiger partial charge in [-0.1, -0.05) is 0 Å². The molecule has 2 heterocycles. The summed E-state index contributed by atoms with van der Waals surface area (Å²) in [5.41, 5.74) is 1.36. The van der Waals surface area contributed by atoms with Crippen molar-refractivity contribution in [2.45, 2.75) is 13.3 Å². The maximum absolute atomic E-state index is 12.6. The minimum Gasteiger partial charge on any atom is -0.450 e. The van der Waals surface area contributed by atoms with E-state index >= 15 is 0 Å². The molecule has 1 fully saturated rings. The number of piperazine rings is 1. The second-order valence-corrected chi connectivity index (χ2v) is 5.71. The number of amides is 2. The van der Waals surface area contributed by atoms with Gasteiger partial charge in [0.05, 0.1) is 17.9 Å². The molecule has 1 aliphatic rings. The highest BCUT2D eigenvalue weighted by molar-refractivity contribution is 5.94. The van der Waals surface area contributed by atoms with Gasteiger partial charge in [-0.15, -0.1) is 0 Å². The van der Waals surface area contributed by atoms with E-state index in [9.17, 15) is 9.59 Å². The average Bonchev–Trinajstić information content (AvgIpc) is 2.65. The zero-order valence-electron chi connectivity index (χ0n) is 14.9. The molecule has 1 aliphatic heterocycles. The van der Waals surface area contributed by atoms with Crippen LogP contribution in [0.5, 0.6) is 0 Å². The zero-order chi connectivity index (χ0) is 18.1. The van der Waals surface area contributed by atoms with Gasteiger partial charge in [-0.05, 0) is 19.4 Å². The number of aromatic nitrogens is 1. The summed E-state index contributed by atoms with van der Waals surface area (Å²) in [6.45, 7) is 5.51. The lowest BCUT2D eigenvalue weighted by Crippen LogP contribution is -2.50. The van der Waals surface area contributed by atoms with E-state index < -0.39 is 0 Å². The van der Waals surface area contributed by atoms with Gasteiger partial charge in [0.15, 0.2) is 0 Å². The molecule has 138 valence electrons. The number of carbonyl (C=O) groups excluding carboxylic acids is 2. The highest BCUT2D eigenvalue weighted by atomic mass is 16.6. The number of hydrogen-bond donors (Lipinski definition) is 1. The van der Waals surface area contributed by atoms with Crippen LogP contribution in [0, 0.1) is 0 Å². The number of nitrogens with zero attached hydrogens (tertiary/aromatic N) is 3. The summed E-state index contributed by atoms with van der Waals surface area (Å²) in [4.78, 5) is 31.8. The third kappa shape index (κ3) is 5.60. The van der Waals surface area contributed by atoms with Crippen LogP contribution in [0.2, 0.25) is 0 Å². The molecule has 2 amide bonds. The van der Waals surface area contributed by atoms with Gasteiger partial charge < -0.3 is 24.6 Å². The fourth-order valence-corrected chi connectivity index (χ4v) is 2.59. The number of nitrogens with one attached hydrogen (secondary N) is 1. The second-order valence-electron chi connectivity index (χ2n) is 5.71. The van der Waals surface area contributed by atoms with Crippen molar-refractivity contribution in [3.63, 3.8) is 0 Å². The van der Waals surface area contributed by atoms with Gasteiger partial charge in [0.1, 0.15) is 0 Å². The highest BCUT2D eigenvalue weighted by Crippen LogP contribution is 2.13. The maximum Gasteiger partial charge on any atom is 0.409 e. The molecule has 0 atom stereocenters. The Morgan fingerprint density at radius 1 is 1.20 bits per heavy atom. The molecule has 0 unspecified atom stereocenters. The summed E-state index contributed by atoms with van der Waals surface area (Å²) in [6, 6.07) is 1.81. The molecular formula is C17H26N4O4. The molecule has 1 N–H and O–H groups in total. The number of carbonyl (C=O) groups is 2. The van der Waals surface area contributed by atoms with Crippen LogP contribution in [0.15, 0.2) is 18.5 Å². The van der Waals surface area contributed by atoms with Gasteiger partial charge in [-0.3, -0.25) is 9.78 Å². The average molecular weight is 350 g/mol. The summed E-state index contributed by atoms with van der Waals surface area (Å²) in [7, 11) is 1.67. The molecule has 0 aliphatic carbocycles. The van der Waals surface area contributed by atoms with Crippen LogP contribution >= 0.6 is 0 Å². The van der Waals surface area contributed by atoms with E-state index in [0.717, 1.165) is 18.7 Å². The fourth-order valence-electron chi connectivity index (χ4n) is 2.59. The second kappa shape index (κ2) is 9.83. The first kappa shape index (κ1) is 19.0. The summed E-state index contributed by atoms with van der Waals surface area (Å²) >= 11 is 0. The molecule has 0 radical (unpaired) electrons. The number of anilines is 1. The monoisotopic (exact) mass is 350 g/mol. The van der Waals surface area contributed by atoms with Crippen LogP contribution in [0.1, 0.15) is 23.7 Å². The zero-order valence-corrected chi connectivity index (χ0v) is 14.9. The molecule has 1 aromatic heterocycles. The van der Waals surface area contributed by atoms with Crippen molar-refractivity contribution in [1.29, 1.82) is 0 Å². The van der Waals surface area contributed by atoms with E-state index in [0.29, 0.717) is 45.0 Å². The number of hydrogen-bond acceptors (Lipinski definition) is 6. The Balaban J connectivity index is 1.87. The Morgan fingerprint density at radius 2 is 1.92 bits per heavy atom. The molecule has 0 aromatic carbocycles. The largest absolute Gasteiger partial charge is 0.450 e. The standard InChI is InChI=1S/C17H26N4O4/c1-3-25-17(23)21-8-6-20(7-9-21)16(22)14-11-15(13-18-12-14)19-5-4-10-24-2/h11-13,19H,3-10H2,1-2H3. The highest BCUT2D eigenvalue weighted by Gasteiger charge is 2.25. The van der Waals surface area contributed by atoms with E-state index in [-0.39, 0.29) is 12.0 Å². The first-order valence-electron chi connectivity index (χ1n) is 8.54. The van der Waals surface area contributed by atoms with Crippen LogP contribution in [0.3, 0.4) is 0 Å². The van der Waals surface area contributed by atoms with Gasteiger partial charge >= 0.3 is 6.09 Å². The summed E-state index contributed by atoms with van der Waals surface area (Å²) in [6.07, 6.45) is 3.83. The Morgan fingerprint density at radius 3 is 2.60 bits per heavy atom. The summed E-state index contributed by atoms with van der Waals surface area (Å²) in [5, 5.41) is 3.23. The molecule has 0 saturated carbocycles. The maximum atomic E-state index is 12.6. The Hall–Kier alpha value is -2.35.